The van der Waals surface area contributed by atoms with E-state index in [1.54, 1.807) is 0 Å². The molecule has 5 nitrogen and oxygen atoms in total. The molecule has 0 atom stereocenters. The van der Waals surface area contributed by atoms with Crippen LogP contribution in [0.2, 0.25) is 0 Å². The van der Waals surface area contributed by atoms with E-state index in [2.05, 4.69) is 0 Å². The van der Waals surface area contributed by atoms with Gasteiger partial charge in [0.2, 0.25) is 10.0 Å². The van der Waals surface area contributed by atoms with Crippen LogP contribution in [-0.4, -0.2) is 37.4 Å². The van der Waals surface area contributed by atoms with Crippen LogP contribution in [0.25, 0.3) is 0 Å². The summed E-state index contributed by atoms with van der Waals surface area (Å²) in [4.78, 5) is 10.7. The van der Waals surface area contributed by atoms with Crippen LogP contribution in [0.3, 0.4) is 0 Å². The van der Waals surface area contributed by atoms with Crippen molar-refractivity contribution in [2.75, 3.05) is 13.6 Å². The number of nitrogens with zero attached hydrogens (tertiary/aromatic N) is 1. The molecule has 0 saturated heterocycles. The van der Waals surface area contributed by atoms with E-state index in [0.29, 0.717) is 12.5 Å². The fourth-order valence-electron chi connectivity index (χ4n) is 1.38. The Kier molecular flexibility index (Phi) is 4.89. The van der Waals surface area contributed by atoms with Crippen LogP contribution in [0.1, 0.15) is 29.9 Å². The summed E-state index contributed by atoms with van der Waals surface area (Å²) < 4.78 is 25.6. The Morgan fingerprint density at radius 3 is 2.61 bits per heavy atom. The number of sulfonamides is 1. The average molecular weight is 291 g/mol. The van der Waals surface area contributed by atoms with Gasteiger partial charge in [0.1, 0.15) is 9.77 Å². The van der Waals surface area contributed by atoms with E-state index < -0.39 is 16.0 Å². The van der Waals surface area contributed by atoms with Crippen LogP contribution in [0.4, 0.5) is 0 Å². The van der Waals surface area contributed by atoms with E-state index in [4.69, 9.17) is 5.11 Å². The third-order valence-corrected chi connectivity index (χ3v) is 5.46. The second kappa shape index (κ2) is 5.81. The van der Waals surface area contributed by atoms with Crippen LogP contribution in [0.15, 0.2) is 16.3 Å². The van der Waals surface area contributed by atoms with Crippen molar-refractivity contribution in [3.05, 3.63) is 16.3 Å². The third kappa shape index (κ3) is 3.30. The molecule has 0 fully saturated rings. The molecule has 1 heterocycles. The molecule has 0 bridgehead atoms. The van der Waals surface area contributed by atoms with Gasteiger partial charge in [0.05, 0.1) is 0 Å². The molecule has 7 heteroatoms. The Morgan fingerprint density at radius 1 is 1.50 bits per heavy atom. The number of hydrogen-bond donors (Lipinski definition) is 1. The van der Waals surface area contributed by atoms with E-state index in [9.17, 15) is 13.2 Å². The molecule has 18 heavy (non-hydrogen) atoms. The summed E-state index contributed by atoms with van der Waals surface area (Å²) in [5, 5.41) is 10.4. The Labute approximate surface area is 111 Å². The molecular formula is C11H17NO4S2. The summed E-state index contributed by atoms with van der Waals surface area (Å²) in [5.41, 5.74) is 0. The largest absolute Gasteiger partial charge is 0.477 e. The lowest BCUT2D eigenvalue weighted by Gasteiger charge is -2.17. The van der Waals surface area contributed by atoms with E-state index in [0.717, 1.165) is 17.8 Å². The smallest absolute Gasteiger partial charge is 0.347 e. The van der Waals surface area contributed by atoms with Crippen LogP contribution < -0.4 is 0 Å². The van der Waals surface area contributed by atoms with Crippen molar-refractivity contribution in [2.45, 2.75) is 25.2 Å². The summed E-state index contributed by atoms with van der Waals surface area (Å²) in [6.45, 7) is 4.40. The second-order valence-electron chi connectivity index (χ2n) is 4.43. The van der Waals surface area contributed by atoms with Crippen molar-refractivity contribution in [3.8, 4) is 0 Å². The van der Waals surface area contributed by atoms with Crippen molar-refractivity contribution in [2.24, 2.45) is 5.92 Å². The first-order valence-electron chi connectivity index (χ1n) is 5.54. The first kappa shape index (κ1) is 15.1. The first-order chi connectivity index (χ1) is 8.26. The minimum atomic E-state index is -3.70. The minimum absolute atomic E-state index is 0.119. The highest BCUT2D eigenvalue weighted by molar-refractivity contribution is 7.89. The Balaban J connectivity index is 2.99. The van der Waals surface area contributed by atoms with Crippen molar-refractivity contribution < 1.29 is 18.3 Å². The van der Waals surface area contributed by atoms with Crippen LogP contribution in [0, 0.1) is 5.92 Å². The SMILES string of the molecule is CC(C)CCN(C)S(=O)(=O)c1ccsc1C(=O)O. The topological polar surface area (TPSA) is 74.7 Å². The van der Waals surface area contributed by atoms with Gasteiger partial charge in [-0.1, -0.05) is 13.8 Å². The molecule has 0 aliphatic heterocycles. The summed E-state index contributed by atoms with van der Waals surface area (Å²) in [7, 11) is -2.23. The van der Waals surface area contributed by atoms with E-state index in [-0.39, 0.29) is 9.77 Å². The Morgan fingerprint density at radius 2 is 2.11 bits per heavy atom. The van der Waals surface area contributed by atoms with Gasteiger partial charge in [0.15, 0.2) is 0 Å². The molecule has 0 amide bonds. The van der Waals surface area contributed by atoms with Gasteiger partial charge in [-0.2, -0.15) is 0 Å². The van der Waals surface area contributed by atoms with Crippen molar-refractivity contribution in [1.82, 2.24) is 4.31 Å². The summed E-state index contributed by atoms with van der Waals surface area (Å²) in [6, 6.07) is 1.34. The maximum Gasteiger partial charge on any atom is 0.347 e. The maximum atomic E-state index is 12.2. The molecule has 1 aromatic heterocycles. The van der Waals surface area contributed by atoms with Gasteiger partial charge in [-0.3, -0.25) is 0 Å². The summed E-state index contributed by atoms with van der Waals surface area (Å²) in [6.07, 6.45) is 0.738. The number of carbonyl (C=O) groups is 1. The molecule has 0 saturated carbocycles. The van der Waals surface area contributed by atoms with Gasteiger partial charge in [-0.15, -0.1) is 11.3 Å². The lowest BCUT2D eigenvalue weighted by Crippen LogP contribution is -2.29. The standard InChI is InChI=1S/C11H17NO4S2/c1-8(2)4-6-12(3)18(15,16)9-5-7-17-10(9)11(13)14/h5,7-8H,4,6H2,1-3H3,(H,13,14). The zero-order valence-electron chi connectivity index (χ0n) is 10.6. The van der Waals surface area contributed by atoms with E-state index >= 15 is 0 Å². The summed E-state index contributed by atoms with van der Waals surface area (Å²) >= 11 is 0.921. The number of thiophene rings is 1. The molecule has 1 aromatic rings. The highest BCUT2D eigenvalue weighted by Crippen LogP contribution is 2.24. The monoisotopic (exact) mass is 291 g/mol. The van der Waals surface area contributed by atoms with Crippen molar-refractivity contribution in [3.63, 3.8) is 0 Å². The predicted molar refractivity (Wildman–Crippen MR) is 70.5 cm³/mol. The Hall–Kier alpha value is -0.920. The zero-order valence-corrected chi connectivity index (χ0v) is 12.2. The molecule has 1 rings (SSSR count). The number of carboxylic acid groups (broad SMARTS) is 1. The zero-order chi connectivity index (χ0) is 13.9. The van der Waals surface area contributed by atoms with Crippen LogP contribution >= 0.6 is 11.3 Å². The normalized spacial score (nSPS) is 12.3. The third-order valence-electron chi connectivity index (χ3n) is 2.53. The second-order valence-corrected chi connectivity index (χ2v) is 7.36. The van der Waals surface area contributed by atoms with Gasteiger partial charge in [0, 0.05) is 13.6 Å². The highest BCUT2D eigenvalue weighted by Gasteiger charge is 2.27. The molecule has 0 aromatic carbocycles. The van der Waals surface area contributed by atoms with E-state index in [1.807, 2.05) is 13.8 Å². The van der Waals surface area contributed by atoms with Crippen LogP contribution in [0.5, 0.6) is 0 Å². The van der Waals surface area contributed by atoms with Gasteiger partial charge in [0.25, 0.3) is 0 Å². The molecular weight excluding hydrogens is 274 g/mol. The molecule has 0 aliphatic rings. The summed E-state index contributed by atoms with van der Waals surface area (Å²) in [5.74, 6) is -0.815. The number of carboxylic acids is 1. The molecule has 0 aliphatic carbocycles. The fourth-order valence-corrected chi connectivity index (χ4v) is 3.80. The molecule has 0 radical (unpaired) electrons. The Bertz CT molecular complexity index is 519. The minimum Gasteiger partial charge on any atom is -0.477 e. The van der Waals surface area contributed by atoms with Gasteiger partial charge in [-0.25, -0.2) is 17.5 Å². The number of hydrogen-bond acceptors (Lipinski definition) is 4. The van der Waals surface area contributed by atoms with Crippen molar-refractivity contribution >= 4 is 27.3 Å². The highest BCUT2D eigenvalue weighted by atomic mass is 32.2. The lowest BCUT2D eigenvalue weighted by molar-refractivity contribution is 0.0698. The quantitative estimate of drug-likeness (QED) is 0.871. The fraction of sp³-hybridized carbons (Fsp3) is 0.545. The average Bonchev–Trinajstić information content (AvgIpc) is 2.74. The predicted octanol–water partition coefficient (Wildman–Crippen LogP) is 2.11. The first-order valence-corrected chi connectivity index (χ1v) is 7.86. The van der Waals surface area contributed by atoms with Gasteiger partial charge in [-0.05, 0) is 23.8 Å². The van der Waals surface area contributed by atoms with Gasteiger partial charge < -0.3 is 5.11 Å². The maximum absolute atomic E-state index is 12.2. The molecule has 102 valence electrons. The van der Waals surface area contributed by atoms with Crippen molar-refractivity contribution in [1.29, 1.82) is 0 Å². The molecule has 0 unspecified atom stereocenters. The van der Waals surface area contributed by atoms with Gasteiger partial charge >= 0.3 is 5.97 Å². The van der Waals surface area contributed by atoms with Crippen LogP contribution in [-0.2, 0) is 10.0 Å². The number of aromatic carboxylic acids is 1. The lowest BCUT2D eigenvalue weighted by atomic mass is 10.1. The number of rotatable bonds is 6. The molecule has 1 N–H and O–H groups in total. The van der Waals surface area contributed by atoms with E-state index in [1.165, 1.54) is 22.8 Å². The molecule has 0 spiro atoms.